The molecule has 0 saturated heterocycles. The summed E-state index contributed by atoms with van der Waals surface area (Å²) < 4.78 is 0. The van der Waals surface area contributed by atoms with Crippen molar-refractivity contribution < 1.29 is 4.79 Å². The van der Waals surface area contributed by atoms with E-state index in [0.717, 1.165) is 6.54 Å². The number of thiol groups is 1. The van der Waals surface area contributed by atoms with Gasteiger partial charge in [0.15, 0.2) is 0 Å². The van der Waals surface area contributed by atoms with Crippen LogP contribution in [0, 0.1) is 0 Å². The van der Waals surface area contributed by atoms with Gasteiger partial charge in [0.1, 0.15) is 0 Å². The third-order valence-electron chi connectivity index (χ3n) is 2.90. The van der Waals surface area contributed by atoms with E-state index in [1.807, 2.05) is 25.2 Å². The summed E-state index contributed by atoms with van der Waals surface area (Å²) in [5, 5.41) is 2.83. The molecular formula is C20H29NOS. The van der Waals surface area contributed by atoms with E-state index < -0.39 is 0 Å². The van der Waals surface area contributed by atoms with E-state index in [1.165, 1.54) is 24.8 Å². The molecule has 0 spiro atoms. The number of hydrogen-bond acceptors (Lipinski definition) is 2. The molecule has 2 aromatic rings. The molecule has 3 heteroatoms. The van der Waals surface area contributed by atoms with Crippen LogP contribution in [0.15, 0.2) is 60.7 Å². The number of rotatable bonds is 5. The molecule has 0 unspecified atom stereocenters. The van der Waals surface area contributed by atoms with E-state index in [4.69, 9.17) is 0 Å². The second-order valence-electron chi connectivity index (χ2n) is 5.01. The molecule has 0 atom stereocenters. The molecule has 2 rings (SSSR count). The van der Waals surface area contributed by atoms with Crippen molar-refractivity contribution in [3.8, 4) is 0 Å². The Balaban J connectivity index is 0.000000332. The van der Waals surface area contributed by atoms with Gasteiger partial charge in [0.2, 0.25) is 5.12 Å². The van der Waals surface area contributed by atoms with Crippen LogP contribution in [0.4, 0.5) is 0 Å². The van der Waals surface area contributed by atoms with Gasteiger partial charge in [-0.3, -0.25) is 4.79 Å². The first kappa shape index (κ1) is 21.4. The van der Waals surface area contributed by atoms with Gasteiger partial charge in [0.05, 0.1) is 0 Å². The predicted octanol–water partition coefficient (Wildman–Crippen LogP) is 5.01. The first-order valence-corrected chi connectivity index (χ1v) is 8.57. The Labute approximate surface area is 146 Å². The zero-order valence-electron chi connectivity index (χ0n) is 14.5. The maximum atomic E-state index is 10.5. The number of carbonyl (C=O) groups is 1. The lowest BCUT2D eigenvalue weighted by Crippen LogP contribution is -2.04. The Morgan fingerprint density at radius 2 is 1.43 bits per heavy atom. The van der Waals surface area contributed by atoms with Crippen molar-refractivity contribution in [1.82, 2.24) is 5.32 Å². The summed E-state index contributed by atoms with van der Waals surface area (Å²) in [6, 6.07) is 19.5. The van der Waals surface area contributed by atoms with E-state index in [1.54, 1.807) is 12.1 Å². The maximum Gasteiger partial charge on any atom is 0.216 e. The summed E-state index contributed by atoms with van der Waals surface area (Å²) >= 11 is 3.65. The third-order valence-corrected chi connectivity index (χ3v) is 3.16. The van der Waals surface area contributed by atoms with Gasteiger partial charge in [-0.05, 0) is 32.0 Å². The molecule has 2 nitrogen and oxygen atoms in total. The highest BCUT2D eigenvalue weighted by Gasteiger charge is 1.94. The fourth-order valence-electron chi connectivity index (χ4n) is 1.76. The second-order valence-corrected chi connectivity index (χ2v) is 5.42. The average molecular weight is 332 g/mol. The Bertz CT molecular complexity index is 498. The molecule has 0 saturated carbocycles. The van der Waals surface area contributed by atoms with Gasteiger partial charge in [-0.15, -0.1) is 12.6 Å². The third kappa shape index (κ3) is 12.6. The van der Waals surface area contributed by atoms with Crippen LogP contribution >= 0.6 is 12.6 Å². The fourth-order valence-corrected chi connectivity index (χ4v) is 1.91. The number of carbonyl (C=O) groups excluding carboxylic acids is 1. The van der Waals surface area contributed by atoms with Gasteiger partial charge in [0, 0.05) is 5.56 Å². The summed E-state index contributed by atoms with van der Waals surface area (Å²) in [5.41, 5.74) is 2.08. The molecule has 23 heavy (non-hydrogen) atoms. The zero-order valence-corrected chi connectivity index (χ0v) is 15.4. The van der Waals surface area contributed by atoms with Crippen molar-refractivity contribution in [2.24, 2.45) is 0 Å². The van der Waals surface area contributed by atoms with Gasteiger partial charge < -0.3 is 5.32 Å². The molecule has 0 radical (unpaired) electrons. The molecule has 0 amide bonds. The fraction of sp³-hybridized carbons (Fsp3) is 0.350. The molecule has 0 aliphatic rings. The SMILES string of the molecule is CCCNC.CCCc1ccccc1.O=C(S)c1ccccc1. The summed E-state index contributed by atoms with van der Waals surface area (Å²) in [7, 11) is 1.96. The van der Waals surface area contributed by atoms with E-state index in [0.29, 0.717) is 5.56 Å². The molecule has 0 bridgehead atoms. The lowest BCUT2D eigenvalue weighted by atomic mass is 10.1. The van der Waals surface area contributed by atoms with Gasteiger partial charge in [-0.1, -0.05) is 80.9 Å². The van der Waals surface area contributed by atoms with E-state index in [9.17, 15) is 4.79 Å². The summed E-state index contributed by atoms with van der Waals surface area (Å²) in [6.07, 6.45) is 3.68. The van der Waals surface area contributed by atoms with Gasteiger partial charge in [0.25, 0.3) is 0 Å². The predicted molar refractivity (Wildman–Crippen MR) is 104 cm³/mol. The Morgan fingerprint density at radius 3 is 1.74 bits per heavy atom. The van der Waals surface area contributed by atoms with Crippen molar-refractivity contribution in [2.45, 2.75) is 33.1 Å². The van der Waals surface area contributed by atoms with Crippen LogP contribution in [0.1, 0.15) is 42.6 Å². The van der Waals surface area contributed by atoms with Crippen molar-refractivity contribution in [3.05, 3.63) is 71.8 Å². The van der Waals surface area contributed by atoms with Crippen LogP contribution in [0.3, 0.4) is 0 Å². The van der Waals surface area contributed by atoms with Crippen LogP contribution in [-0.2, 0) is 6.42 Å². The quantitative estimate of drug-likeness (QED) is 0.754. The lowest BCUT2D eigenvalue weighted by molar-refractivity contribution is 0.109. The van der Waals surface area contributed by atoms with Crippen molar-refractivity contribution in [1.29, 1.82) is 0 Å². The van der Waals surface area contributed by atoms with Crippen molar-refractivity contribution in [2.75, 3.05) is 13.6 Å². The van der Waals surface area contributed by atoms with Crippen LogP contribution in [0.25, 0.3) is 0 Å². The molecule has 1 N–H and O–H groups in total. The van der Waals surface area contributed by atoms with Crippen molar-refractivity contribution >= 4 is 17.7 Å². The van der Waals surface area contributed by atoms with Crippen LogP contribution in [0.2, 0.25) is 0 Å². The van der Waals surface area contributed by atoms with E-state index in [2.05, 4.69) is 62.1 Å². The van der Waals surface area contributed by atoms with Gasteiger partial charge in [-0.25, -0.2) is 0 Å². The van der Waals surface area contributed by atoms with Crippen LogP contribution in [0.5, 0.6) is 0 Å². The first-order chi connectivity index (χ1) is 11.2. The number of benzene rings is 2. The first-order valence-electron chi connectivity index (χ1n) is 8.12. The van der Waals surface area contributed by atoms with Crippen LogP contribution in [-0.4, -0.2) is 18.7 Å². The highest BCUT2D eigenvalue weighted by atomic mass is 32.1. The summed E-state index contributed by atoms with van der Waals surface area (Å²) in [6.45, 7) is 5.49. The average Bonchev–Trinajstić information content (AvgIpc) is 2.59. The Morgan fingerprint density at radius 1 is 0.913 bits per heavy atom. The molecule has 0 aromatic heterocycles. The second kappa shape index (κ2) is 15.3. The highest BCUT2D eigenvalue weighted by Crippen LogP contribution is 2.01. The molecule has 0 aliphatic carbocycles. The monoisotopic (exact) mass is 331 g/mol. The summed E-state index contributed by atoms with van der Waals surface area (Å²) in [4.78, 5) is 10.5. The minimum atomic E-state index is -0.185. The maximum absolute atomic E-state index is 10.5. The molecule has 126 valence electrons. The minimum Gasteiger partial charge on any atom is -0.320 e. The molecule has 2 aromatic carbocycles. The minimum absolute atomic E-state index is 0.185. The van der Waals surface area contributed by atoms with Gasteiger partial charge >= 0.3 is 0 Å². The Kier molecular flexibility index (Phi) is 14.3. The lowest BCUT2D eigenvalue weighted by Gasteiger charge is -1.93. The highest BCUT2D eigenvalue weighted by molar-refractivity contribution is 7.97. The largest absolute Gasteiger partial charge is 0.320 e. The number of hydrogen-bond donors (Lipinski definition) is 2. The van der Waals surface area contributed by atoms with Crippen LogP contribution < -0.4 is 5.32 Å². The van der Waals surface area contributed by atoms with E-state index in [-0.39, 0.29) is 5.12 Å². The molecule has 0 heterocycles. The zero-order chi connectivity index (χ0) is 17.3. The summed E-state index contributed by atoms with van der Waals surface area (Å²) in [5.74, 6) is 0. The molecular weight excluding hydrogens is 302 g/mol. The van der Waals surface area contributed by atoms with Crippen molar-refractivity contribution in [3.63, 3.8) is 0 Å². The Hall–Kier alpha value is -1.58. The van der Waals surface area contributed by atoms with E-state index >= 15 is 0 Å². The smallest absolute Gasteiger partial charge is 0.216 e. The van der Waals surface area contributed by atoms with Gasteiger partial charge in [-0.2, -0.15) is 0 Å². The molecule has 0 fully saturated rings. The molecule has 0 aliphatic heterocycles. The number of nitrogens with one attached hydrogen (secondary N) is 1. The standard InChI is InChI=1S/C9H12.C7H6OS.C4H11N/c1-2-6-9-7-4-3-5-8-9;8-7(9)6-4-2-1-3-5-6;1-3-4-5-2/h3-5,7-8H,2,6H2,1H3;1-5H,(H,8,9);5H,3-4H2,1-2H3. The number of aryl methyl sites for hydroxylation is 1. The topological polar surface area (TPSA) is 29.1 Å². The normalized spacial score (nSPS) is 9.04.